The van der Waals surface area contributed by atoms with Gasteiger partial charge in [-0.25, -0.2) is 0 Å². The van der Waals surface area contributed by atoms with E-state index < -0.39 is 12.1 Å². The van der Waals surface area contributed by atoms with Crippen LogP contribution in [0.4, 0.5) is 0 Å². The van der Waals surface area contributed by atoms with Crippen molar-refractivity contribution >= 4 is 11.9 Å². The maximum atomic E-state index is 12.5. The van der Waals surface area contributed by atoms with Gasteiger partial charge in [-0.3, -0.25) is 9.59 Å². The summed E-state index contributed by atoms with van der Waals surface area (Å²) in [6.07, 6.45) is 85.1. The Bertz CT molecular complexity index is 1220. The zero-order valence-electron chi connectivity index (χ0n) is 52.9. The minimum absolute atomic E-state index is 0.00483. The lowest BCUT2D eigenvalue weighted by Gasteiger charge is -2.22. The summed E-state index contributed by atoms with van der Waals surface area (Å²) >= 11 is 0. The zero-order chi connectivity index (χ0) is 56.4. The number of amides is 1. The third-order valence-electron chi connectivity index (χ3n) is 16.8. The van der Waals surface area contributed by atoms with E-state index in [0.717, 1.165) is 51.4 Å². The quantitative estimate of drug-likeness (QED) is 0.0320. The first-order valence-electron chi connectivity index (χ1n) is 35.6. The van der Waals surface area contributed by atoms with Crippen molar-refractivity contribution in [2.45, 2.75) is 411 Å². The van der Waals surface area contributed by atoms with Crippen molar-refractivity contribution in [1.29, 1.82) is 0 Å². The Hall–Kier alpha value is -1.66. The Morgan fingerprint density at radius 3 is 1.01 bits per heavy atom. The van der Waals surface area contributed by atoms with E-state index in [0.29, 0.717) is 25.9 Å². The summed E-state index contributed by atoms with van der Waals surface area (Å²) in [5.41, 5.74) is 0. The SMILES string of the molecule is CCCC/C=C\C/C=C\CCCCCCCC(=O)OCCCCCCCCCCCCCCCCCCCCCCCCCCCCCCC(=O)NC(CO)C(O)CCCCCCCCCCCCCCCCCCCCC. The molecule has 0 radical (unpaired) electrons. The maximum Gasteiger partial charge on any atom is 0.305 e. The average Bonchev–Trinajstić information content (AvgIpc) is 3.44. The minimum atomic E-state index is -0.663. The van der Waals surface area contributed by atoms with Gasteiger partial charge in [0.05, 0.1) is 25.4 Å². The highest BCUT2D eigenvalue weighted by atomic mass is 16.5. The fraction of sp³-hybridized carbons (Fsp3) is 0.917. The largest absolute Gasteiger partial charge is 0.466 e. The van der Waals surface area contributed by atoms with E-state index in [1.165, 1.54) is 315 Å². The Kier molecular flexibility index (Phi) is 66.4. The van der Waals surface area contributed by atoms with Crippen molar-refractivity contribution in [3.05, 3.63) is 24.3 Å². The van der Waals surface area contributed by atoms with E-state index >= 15 is 0 Å². The molecule has 1 amide bonds. The van der Waals surface area contributed by atoms with Crippen molar-refractivity contribution in [3.63, 3.8) is 0 Å². The lowest BCUT2D eigenvalue weighted by molar-refractivity contribution is -0.143. The zero-order valence-corrected chi connectivity index (χ0v) is 52.9. The maximum absolute atomic E-state index is 12.5. The number of hydrogen-bond donors (Lipinski definition) is 3. The number of carbonyl (C=O) groups excluding carboxylic acids is 2. The molecule has 3 N–H and O–H groups in total. The van der Waals surface area contributed by atoms with Crippen LogP contribution < -0.4 is 5.32 Å². The summed E-state index contributed by atoms with van der Waals surface area (Å²) in [6.45, 7) is 4.95. The van der Waals surface area contributed by atoms with Gasteiger partial charge in [0.25, 0.3) is 0 Å². The van der Waals surface area contributed by atoms with Crippen LogP contribution in [0.15, 0.2) is 24.3 Å². The number of nitrogens with one attached hydrogen (secondary N) is 1. The van der Waals surface area contributed by atoms with E-state index in [1.54, 1.807) is 0 Å². The van der Waals surface area contributed by atoms with Gasteiger partial charge in [-0.1, -0.05) is 359 Å². The molecule has 0 saturated heterocycles. The summed E-state index contributed by atoms with van der Waals surface area (Å²) < 4.78 is 5.48. The van der Waals surface area contributed by atoms with Crippen LogP contribution in [-0.4, -0.2) is 47.4 Å². The average molecular weight is 1100 g/mol. The molecule has 78 heavy (non-hydrogen) atoms. The number of unbranched alkanes of at least 4 members (excludes halogenated alkanes) is 52. The van der Waals surface area contributed by atoms with Crippen LogP contribution in [0, 0.1) is 0 Å². The fourth-order valence-electron chi connectivity index (χ4n) is 11.3. The molecule has 0 spiro atoms. The molecular weight excluding hydrogens is 959 g/mol. The number of ether oxygens (including phenoxy) is 1. The molecule has 0 aromatic heterocycles. The Balaban J connectivity index is 3.35. The molecular formula is C72H139NO5. The number of rotatable bonds is 67. The smallest absolute Gasteiger partial charge is 0.305 e. The minimum Gasteiger partial charge on any atom is -0.466 e. The van der Waals surface area contributed by atoms with E-state index in [2.05, 4.69) is 43.5 Å². The van der Waals surface area contributed by atoms with Crippen molar-refractivity contribution in [2.75, 3.05) is 13.2 Å². The highest BCUT2D eigenvalue weighted by molar-refractivity contribution is 5.76. The van der Waals surface area contributed by atoms with Crippen LogP contribution in [-0.2, 0) is 14.3 Å². The summed E-state index contributed by atoms with van der Waals surface area (Å²) in [7, 11) is 0. The lowest BCUT2D eigenvalue weighted by atomic mass is 10.0. The number of esters is 1. The van der Waals surface area contributed by atoms with E-state index in [4.69, 9.17) is 4.74 Å². The van der Waals surface area contributed by atoms with Crippen LogP contribution in [0.25, 0.3) is 0 Å². The molecule has 0 heterocycles. The van der Waals surface area contributed by atoms with E-state index in [9.17, 15) is 19.8 Å². The predicted octanol–water partition coefficient (Wildman–Crippen LogP) is 22.9. The Morgan fingerprint density at radius 1 is 0.359 bits per heavy atom. The third kappa shape index (κ3) is 63.5. The molecule has 462 valence electrons. The van der Waals surface area contributed by atoms with Crippen molar-refractivity contribution in [3.8, 4) is 0 Å². The molecule has 2 unspecified atom stereocenters. The van der Waals surface area contributed by atoms with Crippen molar-refractivity contribution in [2.24, 2.45) is 0 Å². The van der Waals surface area contributed by atoms with E-state index in [1.807, 2.05) is 0 Å². The highest BCUT2D eigenvalue weighted by Crippen LogP contribution is 2.19. The Labute approximate surface area is 488 Å². The topological polar surface area (TPSA) is 95.9 Å². The standard InChI is InChI=1S/C72H139NO5/c1-3-5-7-9-11-13-15-17-19-20-31-34-37-40-44-48-52-56-60-64-70(75)69(68-74)73-71(76)65-61-57-53-49-45-41-38-35-32-29-27-25-23-21-22-24-26-28-30-33-36-39-43-47-51-55-59-63-67-78-72(77)66-62-58-54-50-46-42-18-16-14-12-10-8-6-4-2/h10,12,16,18,69-70,74-75H,3-9,11,13-15,17,19-68H2,1-2H3,(H,73,76)/b12-10-,18-16-. The second-order valence-corrected chi connectivity index (χ2v) is 24.6. The monoisotopic (exact) mass is 1100 g/mol. The highest BCUT2D eigenvalue weighted by Gasteiger charge is 2.20. The van der Waals surface area contributed by atoms with Gasteiger partial charge < -0.3 is 20.3 Å². The number of allylic oxidation sites excluding steroid dienone is 4. The summed E-state index contributed by atoms with van der Waals surface area (Å²) in [6, 6.07) is -0.539. The first kappa shape index (κ1) is 76.3. The van der Waals surface area contributed by atoms with Gasteiger partial charge in [0.2, 0.25) is 5.91 Å². The molecule has 6 nitrogen and oxygen atoms in total. The molecule has 0 aromatic rings. The molecule has 0 aromatic carbocycles. The molecule has 2 atom stereocenters. The number of hydrogen-bond acceptors (Lipinski definition) is 5. The van der Waals surface area contributed by atoms with Gasteiger partial charge in [0.1, 0.15) is 0 Å². The van der Waals surface area contributed by atoms with Gasteiger partial charge in [-0.15, -0.1) is 0 Å². The second-order valence-electron chi connectivity index (χ2n) is 24.6. The van der Waals surface area contributed by atoms with Crippen LogP contribution in [0.3, 0.4) is 0 Å². The Morgan fingerprint density at radius 2 is 0.654 bits per heavy atom. The van der Waals surface area contributed by atoms with Crippen molar-refractivity contribution in [1.82, 2.24) is 5.32 Å². The summed E-state index contributed by atoms with van der Waals surface area (Å²) in [4.78, 5) is 24.6. The van der Waals surface area contributed by atoms with Gasteiger partial charge in [-0.05, 0) is 51.4 Å². The fourth-order valence-corrected chi connectivity index (χ4v) is 11.3. The number of carbonyl (C=O) groups is 2. The predicted molar refractivity (Wildman–Crippen MR) is 343 cm³/mol. The molecule has 0 aliphatic rings. The first-order chi connectivity index (χ1) is 38.5. The second kappa shape index (κ2) is 67.8. The molecule has 0 fully saturated rings. The molecule has 0 bridgehead atoms. The first-order valence-corrected chi connectivity index (χ1v) is 35.6. The summed E-state index contributed by atoms with van der Waals surface area (Å²) in [5, 5.41) is 23.4. The molecule has 0 aliphatic carbocycles. The normalized spacial score (nSPS) is 12.6. The van der Waals surface area contributed by atoms with Gasteiger partial charge in [0.15, 0.2) is 0 Å². The van der Waals surface area contributed by atoms with Crippen LogP contribution in [0.1, 0.15) is 399 Å². The van der Waals surface area contributed by atoms with Gasteiger partial charge in [-0.2, -0.15) is 0 Å². The number of aliphatic hydroxyl groups is 2. The number of aliphatic hydroxyl groups excluding tert-OH is 2. The molecule has 0 saturated carbocycles. The van der Waals surface area contributed by atoms with Crippen LogP contribution >= 0.6 is 0 Å². The summed E-state index contributed by atoms with van der Waals surface area (Å²) in [5.74, 6) is -0.0229. The third-order valence-corrected chi connectivity index (χ3v) is 16.8. The van der Waals surface area contributed by atoms with E-state index in [-0.39, 0.29) is 18.5 Å². The molecule has 6 heteroatoms. The molecule has 0 aliphatic heterocycles. The van der Waals surface area contributed by atoms with Gasteiger partial charge >= 0.3 is 5.97 Å². The van der Waals surface area contributed by atoms with Crippen LogP contribution in [0.2, 0.25) is 0 Å². The molecule has 0 rings (SSSR count). The van der Waals surface area contributed by atoms with Crippen molar-refractivity contribution < 1.29 is 24.5 Å². The van der Waals surface area contributed by atoms with Crippen LogP contribution in [0.5, 0.6) is 0 Å². The lowest BCUT2D eigenvalue weighted by Crippen LogP contribution is -2.45. The van der Waals surface area contributed by atoms with Gasteiger partial charge in [0, 0.05) is 12.8 Å².